The van der Waals surface area contributed by atoms with Gasteiger partial charge in [-0.05, 0) is 13.3 Å². The molecule has 1 unspecified atom stereocenters. The molecule has 0 aromatic heterocycles. The molecule has 1 atom stereocenters. The van der Waals surface area contributed by atoms with E-state index in [1.54, 1.807) is 0 Å². The Bertz CT molecular complexity index is 245. The van der Waals surface area contributed by atoms with Gasteiger partial charge in [-0.25, -0.2) is 8.42 Å². The topological polar surface area (TPSA) is 34.1 Å². The summed E-state index contributed by atoms with van der Waals surface area (Å²) in [6.45, 7) is 4.04. The molecule has 0 aliphatic carbocycles. The van der Waals surface area contributed by atoms with Gasteiger partial charge in [0.2, 0.25) is 0 Å². The zero-order chi connectivity index (χ0) is 12.4. The number of hydrogen-bond acceptors (Lipinski definition) is 2. The van der Waals surface area contributed by atoms with Crippen molar-refractivity contribution in [2.24, 2.45) is 0 Å². The van der Waals surface area contributed by atoms with E-state index < -0.39 is 9.84 Å². The van der Waals surface area contributed by atoms with Crippen molar-refractivity contribution in [3.8, 4) is 0 Å². The normalized spacial score (nSPS) is 13.9. The first-order valence-electron chi connectivity index (χ1n) is 6.67. The smallest absolute Gasteiger partial charge is 0.150 e. The molecule has 0 bridgehead atoms. The average Bonchev–Trinajstić information content (AvgIpc) is 2.20. The van der Waals surface area contributed by atoms with Crippen LogP contribution in [0.1, 0.15) is 71.6 Å². The lowest BCUT2D eigenvalue weighted by Gasteiger charge is -2.08. The fourth-order valence-corrected chi connectivity index (χ4v) is 2.37. The predicted molar refractivity (Wildman–Crippen MR) is 71.5 cm³/mol. The number of sulfone groups is 1. The van der Waals surface area contributed by atoms with E-state index in [9.17, 15) is 8.42 Å². The molecule has 0 N–H and O–H groups in total. The molecule has 0 rings (SSSR count). The highest BCUT2D eigenvalue weighted by molar-refractivity contribution is 7.91. The Labute approximate surface area is 102 Å². The van der Waals surface area contributed by atoms with E-state index in [0.29, 0.717) is 0 Å². The van der Waals surface area contributed by atoms with Crippen molar-refractivity contribution in [3.05, 3.63) is 0 Å². The number of unbranched alkanes of at least 4 members (excludes halogenated alkanes) is 7. The Morgan fingerprint density at radius 2 is 1.31 bits per heavy atom. The van der Waals surface area contributed by atoms with E-state index in [1.807, 2.05) is 6.92 Å². The Morgan fingerprint density at radius 3 is 1.75 bits per heavy atom. The van der Waals surface area contributed by atoms with Crippen LogP contribution in [-0.2, 0) is 9.84 Å². The van der Waals surface area contributed by atoms with Crippen LogP contribution in [0.5, 0.6) is 0 Å². The summed E-state index contributed by atoms with van der Waals surface area (Å²) >= 11 is 0. The van der Waals surface area contributed by atoms with Crippen LogP contribution in [0.4, 0.5) is 0 Å². The third kappa shape index (κ3) is 9.20. The Kier molecular flexibility index (Phi) is 9.00. The Balaban J connectivity index is 3.28. The average molecular weight is 248 g/mol. The largest absolute Gasteiger partial charge is 0.229 e. The van der Waals surface area contributed by atoms with Crippen molar-refractivity contribution in [1.82, 2.24) is 0 Å². The maximum atomic E-state index is 11.2. The molecule has 98 valence electrons. The minimum absolute atomic E-state index is 0.160. The summed E-state index contributed by atoms with van der Waals surface area (Å²) in [6.07, 6.45) is 12.3. The second kappa shape index (κ2) is 9.03. The van der Waals surface area contributed by atoms with Gasteiger partial charge in [0.25, 0.3) is 0 Å². The van der Waals surface area contributed by atoms with E-state index in [4.69, 9.17) is 0 Å². The maximum absolute atomic E-state index is 11.2. The molecule has 0 aliphatic rings. The lowest BCUT2D eigenvalue weighted by atomic mass is 10.1. The van der Waals surface area contributed by atoms with Gasteiger partial charge in [0, 0.05) is 6.26 Å². The maximum Gasteiger partial charge on any atom is 0.150 e. The van der Waals surface area contributed by atoms with Crippen LogP contribution < -0.4 is 0 Å². The van der Waals surface area contributed by atoms with Crippen LogP contribution in [-0.4, -0.2) is 19.9 Å². The third-order valence-corrected chi connectivity index (χ3v) is 4.89. The molecule has 0 saturated carbocycles. The summed E-state index contributed by atoms with van der Waals surface area (Å²) < 4.78 is 22.3. The fourth-order valence-electron chi connectivity index (χ4n) is 1.78. The van der Waals surface area contributed by atoms with E-state index in [1.165, 1.54) is 51.2 Å². The van der Waals surface area contributed by atoms with Crippen LogP contribution in [0.15, 0.2) is 0 Å². The van der Waals surface area contributed by atoms with Crippen LogP contribution in [0.25, 0.3) is 0 Å². The van der Waals surface area contributed by atoms with Crippen molar-refractivity contribution < 1.29 is 8.42 Å². The SMILES string of the molecule is CCCCCCCCCCC(C)S(C)(=O)=O. The van der Waals surface area contributed by atoms with Gasteiger partial charge in [0.15, 0.2) is 0 Å². The molecular weight excluding hydrogens is 220 g/mol. The van der Waals surface area contributed by atoms with Gasteiger partial charge in [0.05, 0.1) is 5.25 Å². The lowest BCUT2D eigenvalue weighted by molar-refractivity contribution is 0.549. The van der Waals surface area contributed by atoms with E-state index in [-0.39, 0.29) is 5.25 Å². The van der Waals surface area contributed by atoms with Crippen molar-refractivity contribution in [1.29, 1.82) is 0 Å². The molecule has 3 heteroatoms. The molecule has 2 nitrogen and oxygen atoms in total. The first-order chi connectivity index (χ1) is 7.48. The molecule has 0 aliphatic heterocycles. The van der Waals surface area contributed by atoms with Crippen molar-refractivity contribution in [3.63, 3.8) is 0 Å². The zero-order valence-electron chi connectivity index (χ0n) is 11.2. The van der Waals surface area contributed by atoms with Gasteiger partial charge in [-0.3, -0.25) is 0 Å². The summed E-state index contributed by atoms with van der Waals surface area (Å²) in [5.41, 5.74) is 0. The summed E-state index contributed by atoms with van der Waals surface area (Å²) in [6, 6.07) is 0. The van der Waals surface area contributed by atoms with Crippen molar-refractivity contribution in [2.75, 3.05) is 6.26 Å². The lowest BCUT2D eigenvalue weighted by Crippen LogP contribution is -2.15. The molecule has 0 saturated heterocycles. The highest BCUT2D eigenvalue weighted by atomic mass is 32.2. The minimum atomic E-state index is -2.81. The molecular formula is C13H28O2S. The van der Waals surface area contributed by atoms with Gasteiger partial charge >= 0.3 is 0 Å². The second-order valence-electron chi connectivity index (χ2n) is 4.90. The summed E-state index contributed by atoms with van der Waals surface area (Å²) in [5, 5.41) is -0.160. The van der Waals surface area contributed by atoms with Gasteiger partial charge in [-0.1, -0.05) is 58.3 Å². The molecule has 0 aromatic carbocycles. The first-order valence-corrected chi connectivity index (χ1v) is 8.62. The molecule has 16 heavy (non-hydrogen) atoms. The third-order valence-electron chi connectivity index (χ3n) is 3.20. The minimum Gasteiger partial charge on any atom is -0.229 e. The Hall–Kier alpha value is -0.0500. The molecule has 0 heterocycles. The van der Waals surface area contributed by atoms with Gasteiger partial charge in [0.1, 0.15) is 9.84 Å². The van der Waals surface area contributed by atoms with E-state index in [0.717, 1.165) is 12.8 Å². The standard InChI is InChI=1S/C13H28O2S/c1-4-5-6-7-8-9-10-11-12-13(2)16(3,14)15/h13H,4-12H2,1-3H3. The van der Waals surface area contributed by atoms with E-state index in [2.05, 4.69) is 6.92 Å². The first kappa shape index (κ1) is 16.0. The molecule has 0 spiro atoms. The van der Waals surface area contributed by atoms with Gasteiger partial charge in [-0.2, -0.15) is 0 Å². The van der Waals surface area contributed by atoms with Crippen LogP contribution in [0.2, 0.25) is 0 Å². The van der Waals surface area contributed by atoms with Crippen LogP contribution in [0.3, 0.4) is 0 Å². The quantitative estimate of drug-likeness (QED) is 0.549. The predicted octanol–water partition coefficient (Wildman–Crippen LogP) is 3.95. The molecule has 0 amide bonds. The summed E-state index contributed by atoms with van der Waals surface area (Å²) in [7, 11) is -2.81. The number of rotatable bonds is 10. The molecule has 0 radical (unpaired) electrons. The van der Waals surface area contributed by atoms with E-state index >= 15 is 0 Å². The second-order valence-corrected chi connectivity index (χ2v) is 7.37. The van der Waals surface area contributed by atoms with Crippen LogP contribution in [0, 0.1) is 0 Å². The fraction of sp³-hybridized carbons (Fsp3) is 1.00. The molecule has 0 fully saturated rings. The highest BCUT2D eigenvalue weighted by Gasteiger charge is 2.13. The van der Waals surface area contributed by atoms with Crippen LogP contribution >= 0.6 is 0 Å². The summed E-state index contributed by atoms with van der Waals surface area (Å²) in [4.78, 5) is 0. The van der Waals surface area contributed by atoms with Gasteiger partial charge < -0.3 is 0 Å². The Morgan fingerprint density at radius 1 is 0.875 bits per heavy atom. The molecule has 0 aromatic rings. The monoisotopic (exact) mass is 248 g/mol. The summed E-state index contributed by atoms with van der Waals surface area (Å²) in [5.74, 6) is 0. The number of hydrogen-bond donors (Lipinski definition) is 0. The van der Waals surface area contributed by atoms with Crippen molar-refractivity contribution in [2.45, 2.75) is 76.9 Å². The zero-order valence-corrected chi connectivity index (χ0v) is 12.0. The highest BCUT2D eigenvalue weighted by Crippen LogP contribution is 2.13. The van der Waals surface area contributed by atoms with Crippen molar-refractivity contribution >= 4 is 9.84 Å². The van der Waals surface area contributed by atoms with Gasteiger partial charge in [-0.15, -0.1) is 0 Å².